The summed E-state index contributed by atoms with van der Waals surface area (Å²) >= 11 is 0. The Balaban J connectivity index is 0. The van der Waals surface area contributed by atoms with Crippen LogP contribution in [0.4, 0.5) is 0 Å². The molecule has 0 atom stereocenters. The first-order valence-corrected chi connectivity index (χ1v) is 9.57. The van der Waals surface area contributed by atoms with Crippen LogP contribution >= 0.6 is 0 Å². The number of ether oxygens (including phenoxy) is 4. The summed E-state index contributed by atoms with van der Waals surface area (Å²) in [6.45, 7) is 10.4. The van der Waals surface area contributed by atoms with Gasteiger partial charge >= 0.3 is 103 Å². The van der Waals surface area contributed by atoms with Crippen LogP contribution in [0.15, 0.2) is 48.5 Å². The zero-order valence-electron chi connectivity index (χ0n) is 19.3. The summed E-state index contributed by atoms with van der Waals surface area (Å²) in [5.41, 5.74) is 2.25. The first-order valence-electron chi connectivity index (χ1n) is 9.57. The second kappa shape index (κ2) is 19.5. The van der Waals surface area contributed by atoms with Crippen molar-refractivity contribution in [3.05, 3.63) is 66.6 Å². The van der Waals surface area contributed by atoms with E-state index >= 15 is 0 Å². The molecule has 0 bridgehead atoms. The van der Waals surface area contributed by atoms with Gasteiger partial charge in [0.05, 0.1) is 13.2 Å². The third kappa shape index (κ3) is 12.4. The number of rotatable bonds is 13. The maximum Gasteiger partial charge on any atom is 1.00 e. The summed E-state index contributed by atoms with van der Waals surface area (Å²) in [4.78, 5) is 0. The average Bonchev–Trinajstić information content (AvgIpc) is 2.72. The third-order valence-corrected chi connectivity index (χ3v) is 4.52. The molecule has 0 aliphatic heterocycles. The fraction of sp³-hybridized carbons (Fsp3) is 0.435. The molecule has 2 aromatic carbocycles. The van der Waals surface area contributed by atoms with Crippen molar-refractivity contribution >= 4 is 0 Å². The van der Waals surface area contributed by atoms with Crippen molar-refractivity contribution in [1.29, 1.82) is 0 Å². The van der Waals surface area contributed by atoms with E-state index in [4.69, 9.17) is 18.9 Å². The van der Waals surface area contributed by atoms with E-state index in [0.29, 0.717) is 33.0 Å². The van der Waals surface area contributed by atoms with Crippen molar-refractivity contribution in [1.82, 2.24) is 0 Å². The Morgan fingerprint density at radius 2 is 1.13 bits per heavy atom. The van der Waals surface area contributed by atoms with Crippen LogP contribution in [0.1, 0.15) is 25.0 Å². The van der Waals surface area contributed by atoms with Crippen molar-refractivity contribution in [2.24, 2.45) is 0 Å². The summed E-state index contributed by atoms with van der Waals surface area (Å²) in [7, 11) is 0. The van der Waals surface area contributed by atoms with Gasteiger partial charge in [0.15, 0.2) is 0 Å². The van der Waals surface area contributed by atoms with Gasteiger partial charge in [-0.1, -0.05) is 44.7 Å². The molecule has 0 spiro atoms. The summed E-state index contributed by atoms with van der Waals surface area (Å²) in [6.07, 6.45) is 0. The maximum absolute atomic E-state index is 10.3. The van der Waals surface area contributed by atoms with Crippen LogP contribution in [-0.2, 0) is 14.9 Å². The van der Waals surface area contributed by atoms with Gasteiger partial charge in [0.2, 0.25) is 0 Å². The minimum Gasteiger partial charge on any atom is -0.870 e. The van der Waals surface area contributed by atoms with Gasteiger partial charge in [-0.3, -0.25) is 0 Å². The van der Waals surface area contributed by atoms with Crippen molar-refractivity contribution < 1.29 is 132 Å². The number of hydrogen-bond donors (Lipinski definition) is 0. The van der Waals surface area contributed by atoms with E-state index in [-0.39, 0.29) is 127 Å². The quantitative estimate of drug-likeness (QED) is 0.170. The van der Waals surface area contributed by atoms with E-state index < -0.39 is 0 Å². The summed E-state index contributed by atoms with van der Waals surface area (Å²) in [5.74, 6) is 1.62. The monoisotopic (exact) mass is 481 g/mol. The molecular formula is C23H31K2O6-. The Bertz CT molecular complexity index is 677. The molecule has 0 radical (unpaired) electrons. The number of hydrogen-bond acceptors (Lipinski definition) is 6. The van der Waals surface area contributed by atoms with Crippen LogP contribution < -0.4 is 117 Å². The van der Waals surface area contributed by atoms with Gasteiger partial charge in [-0.05, 0) is 35.4 Å². The van der Waals surface area contributed by atoms with Crippen LogP contribution in [-0.4, -0.2) is 51.7 Å². The van der Waals surface area contributed by atoms with E-state index in [1.807, 2.05) is 24.3 Å². The van der Waals surface area contributed by atoms with Gasteiger partial charge < -0.3 is 36.5 Å². The molecule has 0 aliphatic rings. The van der Waals surface area contributed by atoms with Crippen molar-refractivity contribution in [3.63, 3.8) is 0 Å². The minimum absolute atomic E-state index is 0. The smallest absolute Gasteiger partial charge is 0.870 e. The largest absolute Gasteiger partial charge is 1.00 e. The molecule has 8 heteroatoms. The van der Waals surface area contributed by atoms with Gasteiger partial charge in [-0.2, -0.15) is 0 Å². The number of benzene rings is 2. The Morgan fingerprint density at radius 1 is 0.710 bits per heavy atom. The molecule has 0 aliphatic carbocycles. The topological polar surface area (TPSA) is 90.0 Å². The van der Waals surface area contributed by atoms with Crippen molar-refractivity contribution in [2.45, 2.75) is 19.3 Å². The zero-order valence-corrected chi connectivity index (χ0v) is 25.5. The maximum atomic E-state index is 10.3. The second-order valence-electron chi connectivity index (χ2n) is 6.80. The van der Waals surface area contributed by atoms with Crippen molar-refractivity contribution in [2.75, 3.05) is 46.2 Å². The van der Waals surface area contributed by atoms with Crippen molar-refractivity contribution in [3.8, 4) is 11.5 Å². The predicted molar refractivity (Wildman–Crippen MR) is 110 cm³/mol. The molecule has 162 valence electrons. The molecule has 31 heavy (non-hydrogen) atoms. The van der Waals surface area contributed by atoms with E-state index in [9.17, 15) is 5.11 Å². The van der Waals surface area contributed by atoms with Crippen LogP contribution in [0.2, 0.25) is 0 Å². The van der Waals surface area contributed by atoms with E-state index in [1.165, 1.54) is 11.1 Å². The van der Waals surface area contributed by atoms with Crippen LogP contribution in [0.25, 0.3) is 0 Å². The molecular weight excluding hydrogens is 450 g/mol. The Kier molecular flexibility index (Phi) is 21.5. The van der Waals surface area contributed by atoms with E-state index in [2.05, 4.69) is 45.0 Å². The molecule has 0 saturated carbocycles. The molecule has 6 nitrogen and oxygen atoms in total. The molecule has 0 saturated heterocycles. The minimum atomic E-state index is -0.220. The zero-order chi connectivity index (χ0) is 20.2. The summed E-state index contributed by atoms with van der Waals surface area (Å²) in [5, 5.41) is 10.3. The first-order chi connectivity index (χ1) is 13.6. The molecule has 0 heterocycles. The van der Waals surface area contributed by atoms with Gasteiger partial charge in [0, 0.05) is 12.0 Å². The van der Waals surface area contributed by atoms with Gasteiger partial charge in [0.25, 0.3) is 0 Å². The standard InChI is InChI=1S/C23H30O5.2K.H2O/c1-4-25-15-17-27-21-9-5-19(6-10-21)23(2,3)20-7-11-22(12-8-20)28-18-16-26-14-13-24;;;/h5-12H,1,4,13-18H2,2-3H3;;;1H2/q-2;2*+1;/p-1. The normalized spacial score (nSPS) is 10.3. The summed E-state index contributed by atoms with van der Waals surface area (Å²) in [6, 6.07) is 16.2. The molecule has 0 aromatic heterocycles. The molecule has 0 amide bonds. The molecule has 2 rings (SSSR count). The van der Waals surface area contributed by atoms with Crippen LogP contribution in [0.5, 0.6) is 11.5 Å². The Morgan fingerprint density at radius 3 is 1.52 bits per heavy atom. The van der Waals surface area contributed by atoms with Gasteiger partial charge in [-0.15, -0.1) is 6.61 Å². The predicted octanol–water partition coefficient (Wildman–Crippen LogP) is -3.17. The van der Waals surface area contributed by atoms with Crippen LogP contribution in [0, 0.1) is 6.92 Å². The molecule has 2 aromatic rings. The third-order valence-electron chi connectivity index (χ3n) is 4.52. The van der Waals surface area contributed by atoms with E-state index in [1.54, 1.807) is 0 Å². The molecule has 0 unspecified atom stereocenters. The fourth-order valence-corrected chi connectivity index (χ4v) is 2.80. The molecule has 0 fully saturated rings. The van der Waals surface area contributed by atoms with Gasteiger partial charge in [-0.25, -0.2) is 0 Å². The first kappa shape index (κ1) is 34.3. The average molecular weight is 482 g/mol. The fourth-order valence-electron chi connectivity index (χ4n) is 2.80. The van der Waals surface area contributed by atoms with E-state index in [0.717, 1.165) is 11.5 Å². The second-order valence-corrected chi connectivity index (χ2v) is 6.80. The SMILES string of the molecule is [CH2-]COCCOc1ccc(C(C)(C)c2ccc(OCCOCC[O-])cc2)cc1.[K+].[K+].[OH-]. The molecule has 1 N–H and O–H groups in total. The van der Waals surface area contributed by atoms with Crippen LogP contribution in [0.3, 0.4) is 0 Å². The Labute approximate surface area is 271 Å². The van der Waals surface area contributed by atoms with Gasteiger partial charge in [0.1, 0.15) is 24.7 Å². The summed E-state index contributed by atoms with van der Waals surface area (Å²) < 4.78 is 21.6. The Hall–Kier alpha value is 1.15.